The molecular formula is C15H15N3O2S. The maximum absolute atomic E-state index is 9.41. The molecule has 2 N–H and O–H groups in total. The fourth-order valence-electron chi connectivity index (χ4n) is 1.97. The van der Waals surface area contributed by atoms with Crippen LogP contribution in [0.4, 0.5) is 0 Å². The number of hydrogen-bond acceptors (Lipinski definition) is 6. The molecule has 3 aromatic rings. The standard InChI is InChI=1S/C15H15N3O2S/c19-9-13(14-5-3-7-20-14)17-8-11-10-21-15(18-11)12-4-1-2-6-16-12/h1-7,10,13,17,19H,8-9H2. The maximum Gasteiger partial charge on any atom is 0.142 e. The quantitative estimate of drug-likeness (QED) is 0.732. The Labute approximate surface area is 126 Å². The lowest BCUT2D eigenvalue weighted by molar-refractivity contribution is 0.225. The SMILES string of the molecule is OCC(NCc1csc(-c2ccccn2)n1)c1ccco1. The molecule has 0 radical (unpaired) electrons. The Kier molecular flexibility index (Phi) is 4.40. The molecule has 3 aromatic heterocycles. The summed E-state index contributed by atoms with van der Waals surface area (Å²) in [7, 11) is 0. The number of aliphatic hydroxyl groups is 1. The molecule has 0 amide bonds. The number of nitrogens with zero attached hydrogens (tertiary/aromatic N) is 2. The first-order chi connectivity index (χ1) is 10.4. The van der Waals surface area contributed by atoms with Crippen LogP contribution in [0.25, 0.3) is 10.7 Å². The van der Waals surface area contributed by atoms with Gasteiger partial charge in [0.05, 0.1) is 30.3 Å². The number of aliphatic hydroxyl groups excluding tert-OH is 1. The summed E-state index contributed by atoms with van der Waals surface area (Å²) < 4.78 is 5.30. The van der Waals surface area contributed by atoms with Gasteiger partial charge in [-0.25, -0.2) is 4.98 Å². The van der Waals surface area contributed by atoms with Gasteiger partial charge in [-0.15, -0.1) is 11.3 Å². The molecule has 0 saturated heterocycles. The average Bonchev–Trinajstić information content (AvgIpc) is 3.20. The van der Waals surface area contributed by atoms with Crippen LogP contribution < -0.4 is 5.32 Å². The van der Waals surface area contributed by atoms with Crippen LogP contribution in [0.3, 0.4) is 0 Å². The fourth-order valence-corrected chi connectivity index (χ4v) is 2.76. The third-order valence-electron chi connectivity index (χ3n) is 3.03. The van der Waals surface area contributed by atoms with E-state index in [0.29, 0.717) is 6.54 Å². The second kappa shape index (κ2) is 6.62. The molecule has 0 spiro atoms. The summed E-state index contributed by atoms with van der Waals surface area (Å²) in [6.07, 6.45) is 3.36. The third-order valence-corrected chi connectivity index (χ3v) is 3.95. The number of nitrogens with one attached hydrogen (secondary N) is 1. The van der Waals surface area contributed by atoms with Crippen molar-refractivity contribution in [2.24, 2.45) is 0 Å². The number of hydrogen-bond donors (Lipinski definition) is 2. The lowest BCUT2D eigenvalue weighted by Crippen LogP contribution is -2.23. The van der Waals surface area contributed by atoms with Crippen molar-refractivity contribution in [3.63, 3.8) is 0 Å². The van der Waals surface area contributed by atoms with Crippen molar-refractivity contribution in [3.05, 3.63) is 59.6 Å². The Balaban J connectivity index is 1.65. The lowest BCUT2D eigenvalue weighted by atomic mass is 10.2. The van der Waals surface area contributed by atoms with E-state index in [9.17, 15) is 5.11 Å². The lowest BCUT2D eigenvalue weighted by Gasteiger charge is -2.12. The van der Waals surface area contributed by atoms with Gasteiger partial charge in [0.25, 0.3) is 0 Å². The first-order valence-corrected chi connectivity index (χ1v) is 7.48. The molecule has 0 bridgehead atoms. The Morgan fingerprint density at radius 3 is 2.95 bits per heavy atom. The minimum absolute atomic E-state index is 0.0231. The molecule has 0 aliphatic carbocycles. The van der Waals surface area contributed by atoms with Gasteiger partial charge in [-0.1, -0.05) is 6.07 Å². The number of furan rings is 1. The normalized spacial score (nSPS) is 12.4. The zero-order valence-corrected chi connectivity index (χ0v) is 12.1. The number of aromatic nitrogens is 2. The van der Waals surface area contributed by atoms with Gasteiger partial charge >= 0.3 is 0 Å². The molecule has 21 heavy (non-hydrogen) atoms. The fraction of sp³-hybridized carbons (Fsp3) is 0.200. The highest BCUT2D eigenvalue weighted by atomic mass is 32.1. The molecule has 5 nitrogen and oxygen atoms in total. The summed E-state index contributed by atoms with van der Waals surface area (Å²) in [5.74, 6) is 0.720. The van der Waals surface area contributed by atoms with E-state index in [4.69, 9.17) is 4.42 Å². The van der Waals surface area contributed by atoms with Gasteiger partial charge in [-0.3, -0.25) is 10.3 Å². The summed E-state index contributed by atoms with van der Waals surface area (Å²) in [5.41, 5.74) is 1.80. The second-order valence-electron chi connectivity index (χ2n) is 4.49. The Morgan fingerprint density at radius 1 is 1.29 bits per heavy atom. The summed E-state index contributed by atoms with van der Waals surface area (Å²) in [5, 5.41) is 15.5. The van der Waals surface area contributed by atoms with Crippen LogP contribution in [-0.2, 0) is 6.54 Å². The Morgan fingerprint density at radius 2 is 2.24 bits per heavy atom. The predicted octanol–water partition coefficient (Wildman–Crippen LogP) is 2.62. The smallest absolute Gasteiger partial charge is 0.142 e. The van der Waals surface area contributed by atoms with E-state index in [2.05, 4.69) is 15.3 Å². The van der Waals surface area contributed by atoms with E-state index in [0.717, 1.165) is 22.2 Å². The third kappa shape index (κ3) is 3.36. The van der Waals surface area contributed by atoms with Crippen molar-refractivity contribution >= 4 is 11.3 Å². The average molecular weight is 301 g/mol. The molecule has 1 unspecified atom stereocenters. The van der Waals surface area contributed by atoms with Crippen LogP contribution in [0, 0.1) is 0 Å². The summed E-state index contributed by atoms with van der Waals surface area (Å²) in [6.45, 7) is 0.542. The molecule has 1 atom stereocenters. The van der Waals surface area contributed by atoms with Crippen LogP contribution in [0.2, 0.25) is 0 Å². The van der Waals surface area contributed by atoms with Gasteiger partial charge in [0.2, 0.25) is 0 Å². The van der Waals surface area contributed by atoms with Crippen LogP contribution in [0.15, 0.2) is 52.6 Å². The summed E-state index contributed by atoms with van der Waals surface area (Å²) in [6, 6.07) is 9.19. The highest BCUT2D eigenvalue weighted by molar-refractivity contribution is 7.13. The largest absolute Gasteiger partial charge is 0.468 e. The number of rotatable bonds is 6. The highest BCUT2D eigenvalue weighted by Crippen LogP contribution is 2.22. The second-order valence-corrected chi connectivity index (χ2v) is 5.35. The van der Waals surface area contributed by atoms with Crippen molar-refractivity contribution in [2.75, 3.05) is 6.61 Å². The molecule has 0 aliphatic heterocycles. The number of pyridine rings is 1. The van der Waals surface area contributed by atoms with Gasteiger partial charge < -0.3 is 9.52 Å². The molecule has 0 aliphatic rings. The van der Waals surface area contributed by atoms with Crippen molar-refractivity contribution < 1.29 is 9.52 Å². The molecule has 108 valence electrons. The van der Waals surface area contributed by atoms with E-state index in [1.165, 1.54) is 0 Å². The molecule has 0 saturated carbocycles. The molecule has 0 aromatic carbocycles. The predicted molar refractivity (Wildman–Crippen MR) is 80.7 cm³/mol. The van der Waals surface area contributed by atoms with Crippen molar-refractivity contribution in [2.45, 2.75) is 12.6 Å². The van der Waals surface area contributed by atoms with E-state index in [1.807, 2.05) is 35.7 Å². The van der Waals surface area contributed by atoms with Crippen LogP contribution in [-0.4, -0.2) is 21.7 Å². The van der Waals surface area contributed by atoms with Crippen molar-refractivity contribution in [1.29, 1.82) is 0 Å². The molecule has 3 rings (SSSR count). The molecule has 3 heterocycles. The maximum atomic E-state index is 9.41. The zero-order valence-electron chi connectivity index (χ0n) is 11.3. The summed E-state index contributed by atoms with van der Waals surface area (Å²) >= 11 is 1.56. The van der Waals surface area contributed by atoms with Gasteiger partial charge in [-0.2, -0.15) is 0 Å². The van der Waals surface area contributed by atoms with E-state index in [-0.39, 0.29) is 12.6 Å². The molecular weight excluding hydrogens is 286 g/mol. The minimum atomic E-state index is -0.222. The number of thiazole rings is 1. The molecule has 0 fully saturated rings. The molecule has 6 heteroatoms. The van der Waals surface area contributed by atoms with Crippen molar-refractivity contribution in [3.8, 4) is 10.7 Å². The van der Waals surface area contributed by atoms with Gasteiger partial charge in [-0.05, 0) is 24.3 Å². The van der Waals surface area contributed by atoms with Gasteiger partial charge in [0.1, 0.15) is 10.8 Å². The van der Waals surface area contributed by atoms with Gasteiger partial charge in [0.15, 0.2) is 0 Å². The summed E-state index contributed by atoms with van der Waals surface area (Å²) in [4.78, 5) is 8.84. The first-order valence-electron chi connectivity index (χ1n) is 6.60. The Hall–Kier alpha value is -2.02. The van der Waals surface area contributed by atoms with Crippen LogP contribution in [0.5, 0.6) is 0 Å². The Bertz CT molecular complexity index is 667. The minimum Gasteiger partial charge on any atom is -0.468 e. The van der Waals surface area contributed by atoms with E-state index < -0.39 is 0 Å². The van der Waals surface area contributed by atoms with Crippen LogP contribution >= 0.6 is 11.3 Å². The zero-order chi connectivity index (χ0) is 14.5. The van der Waals surface area contributed by atoms with E-state index >= 15 is 0 Å². The van der Waals surface area contributed by atoms with Gasteiger partial charge in [0, 0.05) is 18.1 Å². The van der Waals surface area contributed by atoms with Crippen LogP contribution in [0.1, 0.15) is 17.5 Å². The highest BCUT2D eigenvalue weighted by Gasteiger charge is 2.13. The monoisotopic (exact) mass is 301 g/mol. The van der Waals surface area contributed by atoms with Crippen molar-refractivity contribution in [1.82, 2.24) is 15.3 Å². The van der Waals surface area contributed by atoms with E-state index in [1.54, 1.807) is 23.8 Å². The first kappa shape index (κ1) is 13.9. The topological polar surface area (TPSA) is 71.2 Å².